The van der Waals surface area contributed by atoms with E-state index in [1.807, 2.05) is 5.48 Å². The Hall–Kier alpha value is -2.17. The van der Waals surface area contributed by atoms with Gasteiger partial charge in [-0.05, 0) is 44.4 Å². The SMILES string of the molecule is NS(=O)(=O)N1CC(O)(COc2nonc2C(=Nc2ccc(F)c(Br)c2)NO)C1. The highest BCUT2D eigenvalue weighted by Crippen LogP contribution is 2.26. The standard InChI is InChI=1S/C13H14BrFN6O6S/c14-8-3-7(1-2-9(8)15)17-11(18-23)10-12(20-27-19-10)26-6-13(22)4-21(5-13)28(16,24)25/h1-3,22-23H,4-6H2,(H,17,18)(H2,16,24,25). The van der Waals surface area contributed by atoms with Crippen molar-refractivity contribution in [2.75, 3.05) is 19.7 Å². The van der Waals surface area contributed by atoms with Crippen LogP contribution in [0.2, 0.25) is 0 Å². The van der Waals surface area contributed by atoms with Crippen molar-refractivity contribution in [1.82, 2.24) is 20.1 Å². The van der Waals surface area contributed by atoms with Gasteiger partial charge in [0.05, 0.1) is 10.2 Å². The highest BCUT2D eigenvalue weighted by molar-refractivity contribution is 9.10. The predicted molar refractivity (Wildman–Crippen MR) is 94.6 cm³/mol. The molecule has 1 saturated heterocycles. The fourth-order valence-electron chi connectivity index (χ4n) is 2.32. The summed E-state index contributed by atoms with van der Waals surface area (Å²) in [5.41, 5.74) is 0.467. The lowest BCUT2D eigenvalue weighted by Crippen LogP contribution is -2.67. The third-order valence-electron chi connectivity index (χ3n) is 3.71. The van der Waals surface area contributed by atoms with E-state index in [4.69, 9.17) is 9.88 Å². The normalized spacial score (nSPS) is 17.2. The van der Waals surface area contributed by atoms with Crippen LogP contribution >= 0.6 is 15.9 Å². The van der Waals surface area contributed by atoms with Crippen molar-refractivity contribution >= 4 is 37.7 Å². The number of hydroxylamine groups is 1. The van der Waals surface area contributed by atoms with Crippen molar-refractivity contribution in [2.24, 2.45) is 10.1 Å². The summed E-state index contributed by atoms with van der Waals surface area (Å²) in [6, 6.07) is 3.88. The van der Waals surface area contributed by atoms with Gasteiger partial charge >= 0.3 is 0 Å². The Labute approximate surface area is 166 Å². The summed E-state index contributed by atoms with van der Waals surface area (Å²) in [4.78, 5) is 4.05. The van der Waals surface area contributed by atoms with Gasteiger partial charge < -0.3 is 9.84 Å². The van der Waals surface area contributed by atoms with E-state index in [1.165, 1.54) is 18.2 Å². The number of hydrogen-bond donors (Lipinski definition) is 4. The molecule has 1 aromatic carbocycles. The first kappa shape index (κ1) is 20.6. The topological polar surface area (TPSA) is 176 Å². The zero-order valence-electron chi connectivity index (χ0n) is 13.9. The number of benzene rings is 1. The summed E-state index contributed by atoms with van der Waals surface area (Å²) in [7, 11) is -3.90. The molecular weight excluding hydrogens is 467 g/mol. The average molecular weight is 481 g/mol. The van der Waals surface area contributed by atoms with Gasteiger partial charge in [-0.3, -0.25) is 10.7 Å². The Morgan fingerprint density at radius 3 is 2.82 bits per heavy atom. The van der Waals surface area contributed by atoms with Crippen molar-refractivity contribution in [3.63, 3.8) is 0 Å². The fourth-order valence-corrected chi connectivity index (χ4v) is 3.53. The quantitative estimate of drug-likeness (QED) is 0.244. The first-order chi connectivity index (χ1) is 13.1. The monoisotopic (exact) mass is 480 g/mol. The Kier molecular flexibility index (Phi) is 5.64. The van der Waals surface area contributed by atoms with E-state index in [0.717, 1.165) is 4.31 Å². The summed E-state index contributed by atoms with van der Waals surface area (Å²) in [6.07, 6.45) is 0. The van der Waals surface area contributed by atoms with Crippen LogP contribution in [-0.4, -0.2) is 64.5 Å². The number of nitrogens with zero attached hydrogens (tertiary/aromatic N) is 4. The number of amidine groups is 1. The van der Waals surface area contributed by atoms with Crippen LogP contribution < -0.4 is 15.4 Å². The average Bonchev–Trinajstić information content (AvgIpc) is 3.06. The number of ether oxygens (including phenoxy) is 1. The minimum absolute atomic E-state index is 0.130. The van der Waals surface area contributed by atoms with Gasteiger partial charge in [0, 0.05) is 13.1 Å². The molecule has 1 fully saturated rings. The van der Waals surface area contributed by atoms with Gasteiger partial charge in [-0.15, -0.1) is 0 Å². The lowest BCUT2D eigenvalue weighted by atomic mass is 9.99. The van der Waals surface area contributed by atoms with Gasteiger partial charge in [0.2, 0.25) is 5.69 Å². The summed E-state index contributed by atoms with van der Waals surface area (Å²) >= 11 is 3.02. The molecule has 1 aliphatic heterocycles. The number of halogens is 2. The van der Waals surface area contributed by atoms with Crippen LogP contribution in [-0.2, 0) is 10.2 Å². The number of aliphatic hydroxyl groups is 1. The second-order valence-electron chi connectivity index (χ2n) is 5.91. The number of hydrogen-bond acceptors (Lipinski definition) is 9. The van der Waals surface area contributed by atoms with E-state index >= 15 is 0 Å². The van der Waals surface area contributed by atoms with E-state index in [9.17, 15) is 23.1 Å². The van der Waals surface area contributed by atoms with E-state index in [1.54, 1.807) is 0 Å². The molecule has 0 saturated carbocycles. The Morgan fingerprint density at radius 1 is 1.50 bits per heavy atom. The summed E-state index contributed by atoms with van der Waals surface area (Å²) in [6.45, 7) is -0.856. The highest BCUT2D eigenvalue weighted by atomic mass is 79.9. The number of nitrogens with two attached hydrogens (primary N) is 1. The third kappa shape index (κ3) is 4.45. The van der Waals surface area contributed by atoms with Crippen LogP contribution in [0.4, 0.5) is 10.1 Å². The summed E-state index contributed by atoms with van der Waals surface area (Å²) in [5.74, 6) is -0.933. The van der Waals surface area contributed by atoms with Crippen molar-refractivity contribution in [3.8, 4) is 5.88 Å². The van der Waals surface area contributed by atoms with Crippen LogP contribution in [0.5, 0.6) is 5.88 Å². The Balaban J connectivity index is 1.73. The molecule has 3 rings (SSSR count). The molecule has 0 unspecified atom stereocenters. The second kappa shape index (κ2) is 7.69. The van der Waals surface area contributed by atoms with Gasteiger partial charge in [-0.25, -0.2) is 19.2 Å². The summed E-state index contributed by atoms with van der Waals surface area (Å²) < 4.78 is 46.6. The number of aliphatic imine (C=N–C) groups is 1. The highest BCUT2D eigenvalue weighted by Gasteiger charge is 2.47. The maximum atomic E-state index is 13.3. The van der Waals surface area contributed by atoms with E-state index < -0.39 is 21.6 Å². The number of β-amino-alcohol motifs (C(OH)–C–C–N with tert-alkyl or cyclic N) is 1. The Morgan fingerprint density at radius 2 is 2.21 bits per heavy atom. The first-order valence-electron chi connectivity index (χ1n) is 7.51. The molecule has 1 aliphatic rings. The predicted octanol–water partition coefficient (Wildman–Crippen LogP) is -0.343. The van der Waals surface area contributed by atoms with Gasteiger partial charge in [-0.1, -0.05) is 0 Å². The van der Waals surface area contributed by atoms with Gasteiger partial charge in [0.15, 0.2) is 5.84 Å². The van der Waals surface area contributed by atoms with Gasteiger partial charge in [-0.2, -0.15) is 12.7 Å². The minimum atomic E-state index is -3.90. The number of nitrogens with one attached hydrogen (secondary N) is 1. The van der Waals surface area contributed by atoms with Gasteiger partial charge in [0.1, 0.15) is 18.0 Å². The van der Waals surface area contributed by atoms with Crippen LogP contribution in [0.3, 0.4) is 0 Å². The molecule has 28 heavy (non-hydrogen) atoms. The third-order valence-corrected chi connectivity index (χ3v) is 5.30. The molecule has 0 atom stereocenters. The maximum Gasteiger partial charge on any atom is 0.287 e. The lowest BCUT2D eigenvalue weighted by molar-refractivity contribution is -0.0880. The van der Waals surface area contributed by atoms with Gasteiger partial charge in [0.25, 0.3) is 16.1 Å². The maximum absolute atomic E-state index is 13.3. The van der Waals surface area contributed by atoms with Crippen molar-refractivity contribution in [3.05, 3.63) is 34.2 Å². The molecule has 2 aromatic rings. The molecular formula is C13H14BrFN6O6S. The zero-order chi connectivity index (χ0) is 20.5. The molecule has 152 valence electrons. The minimum Gasteiger partial charge on any atom is -0.471 e. The van der Waals surface area contributed by atoms with Crippen LogP contribution in [0, 0.1) is 5.82 Å². The molecule has 0 bridgehead atoms. The molecule has 0 spiro atoms. The van der Waals surface area contributed by atoms with Crippen LogP contribution in [0.25, 0.3) is 0 Å². The largest absolute Gasteiger partial charge is 0.471 e. The first-order valence-corrected chi connectivity index (χ1v) is 9.81. The molecule has 0 radical (unpaired) electrons. The number of rotatable bonds is 6. The molecule has 12 nitrogen and oxygen atoms in total. The van der Waals surface area contributed by atoms with Crippen molar-refractivity contribution in [1.29, 1.82) is 0 Å². The second-order valence-corrected chi connectivity index (χ2v) is 8.32. The summed E-state index contributed by atoms with van der Waals surface area (Å²) in [5, 5.41) is 31.6. The smallest absolute Gasteiger partial charge is 0.287 e. The molecule has 15 heteroatoms. The van der Waals surface area contributed by atoms with E-state index in [2.05, 4.69) is 35.9 Å². The van der Waals surface area contributed by atoms with Crippen LogP contribution in [0.15, 0.2) is 32.3 Å². The van der Waals surface area contributed by atoms with Crippen LogP contribution in [0.1, 0.15) is 5.69 Å². The molecule has 5 N–H and O–H groups in total. The van der Waals surface area contributed by atoms with E-state index in [-0.39, 0.29) is 47.3 Å². The molecule has 1 aromatic heterocycles. The van der Waals surface area contributed by atoms with E-state index in [0.29, 0.717) is 0 Å². The fraction of sp³-hybridized carbons (Fsp3) is 0.308. The molecule has 0 amide bonds. The Bertz CT molecular complexity index is 1010. The van der Waals surface area contributed by atoms with Crippen molar-refractivity contribution < 1.29 is 32.5 Å². The number of aromatic nitrogens is 2. The zero-order valence-corrected chi connectivity index (χ0v) is 16.3. The molecule has 2 heterocycles. The lowest BCUT2D eigenvalue weighted by Gasteiger charge is -2.43. The van der Waals surface area contributed by atoms with Crippen molar-refractivity contribution in [2.45, 2.75) is 5.60 Å². The molecule has 0 aliphatic carbocycles.